The molecule has 1 amide bonds. The lowest BCUT2D eigenvalue weighted by Gasteiger charge is -2.15. The Morgan fingerprint density at radius 1 is 1.12 bits per heavy atom. The van der Waals surface area contributed by atoms with Gasteiger partial charge in [-0.2, -0.15) is 5.10 Å². The Morgan fingerprint density at radius 3 is 2.81 bits per heavy atom. The summed E-state index contributed by atoms with van der Waals surface area (Å²) in [6.45, 7) is 1.19. The lowest BCUT2D eigenvalue weighted by atomic mass is 10.00. The van der Waals surface area contributed by atoms with Gasteiger partial charge < -0.3 is 5.32 Å². The highest BCUT2D eigenvalue weighted by atomic mass is 35.5. The van der Waals surface area contributed by atoms with E-state index in [0.717, 1.165) is 27.0 Å². The van der Waals surface area contributed by atoms with E-state index >= 15 is 0 Å². The van der Waals surface area contributed by atoms with E-state index in [1.165, 1.54) is 6.33 Å². The molecule has 0 saturated carbocycles. The van der Waals surface area contributed by atoms with Crippen LogP contribution in [0.4, 0.5) is 0 Å². The van der Waals surface area contributed by atoms with E-state index in [-0.39, 0.29) is 5.91 Å². The number of aromatic nitrogens is 4. The molecule has 4 heterocycles. The van der Waals surface area contributed by atoms with Crippen LogP contribution >= 0.6 is 22.9 Å². The first-order valence-electron chi connectivity index (χ1n) is 8.06. The van der Waals surface area contributed by atoms with Crippen LogP contribution in [0.2, 0.25) is 5.02 Å². The minimum absolute atomic E-state index is 0.128. The second-order valence-electron chi connectivity index (χ2n) is 5.92. The number of nitrogens with one attached hydrogen (secondary N) is 1. The van der Waals surface area contributed by atoms with Gasteiger partial charge in [0.15, 0.2) is 0 Å². The molecule has 0 radical (unpaired) electrons. The first-order valence-corrected chi connectivity index (χ1v) is 9.31. The summed E-state index contributed by atoms with van der Waals surface area (Å²) >= 11 is 7.61. The first kappa shape index (κ1) is 15.5. The van der Waals surface area contributed by atoms with E-state index in [1.807, 2.05) is 35.7 Å². The predicted molar refractivity (Wildman–Crippen MR) is 101 cm³/mol. The fourth-order valence-electron chi connectivity index (χ4n) is 3.23. The molecule has 1 aliphatic rings. The zero-order valence-corrected chi connectivity index (χ0v) is 15.0. The molecule has 8 heteroatoms. The number of carbonyl (C=O) groups is 1. The van der Waals surface area contributed by atoms with E-state index < -0.39 is 0 Å². The highest BCUT2D eigenvalue weighted by molar-refractivity contribution is 7.17. The summed E-state index contributed by atoms with van der Waals surface area (Å²) in [6, 6.07) is 9.38. The average molecular weight is 382 g/mol. The molecule has 0 aliphatic carbocycles. The number of thiophene rings is 1. The van der Waals surface area contributed by atoms with Crippen LogP contribution in [0.15, 0.2) is 42.0 Å². The molecule has 1 N–H and O–H groups in total. The van der Waals surface area contributed by atoms with Gasteiger partial charge in [-0.05, 0) is 29.1 Å². The first-order chi connectivity index (χ1) is 12.7. The molecule has 1 aromatic carbocycles. The predicted octanol–water partition coefficient (Wildman–Crippen LogP) is 3.62. The van der Waals surface area contributed by atoms with Crippen LogP contribution in [0.3, 0.4) is 0 Å². The van der Waals surface area contributed by atoms with Gasteiger partial charge in [0.2, 0.25) is 0 Å². The van der Waals surface area contributed by atoms with Crippen molar-refractivity contribution in [2.45, 2.75) is 6.54 Å². The molecule has 26 heavy (non-hydrogen) atoms. The van der Waals surface area contributed by atoms with Crippen molar-refractivity contribution in [1.82, 2.24) is 25.1 Å². The third-order valence-electron chi connectivity index (χ3n) is 4.38. The normalized spacial score (nSPS) is 13.7. The maximum atomic E-state index is 12.6. The van der Waals surface area contributed by atoms with Crippen molar-refractivity contribution in [3.8, 4) is 22.5 Å². The Labute approximate surface area is 157 Å². The molecule has 0 saturated heterocycles. The second kappa shape index (κ2) is 5.89. The minimum Gasteiger partial charge on any atom is -0.349 e. The largest absolute Gasteiger partial charge is 0.349 e. The zero-order chi connectivity index (χ0) is 17.7. The molecule has 4 aromatic rings. The standard InChI is InChI=1S/C18H12ClN5OS/c19-11-3-1-10(2-4-11)13-14(23-24-7-6-20-18(25)16(13)24)15-17-12(5-8-26-17)21-9-22-15/h1-5,8-9H,6-7H2,(H,20,25). The van der Waals surface area contributed by atoms with Crippen molar-refractivity contribution in [2.24, 2.45) is 0 Å². The second-order valence-corrected chi connectivity index (χ2v) is 7.27. The van der Waals surface area contributed by atoms with Crippen LogP contribution in [0.5, 0.6) is 0 Å². The smallest absolute Gasteiger partial charge is 0.270 e. The van der Waals surface area contributed by atoms with Crippen molar-refractivity contribution in [2.75, 3.05) is 6.54 Å². The summed E-state index contributed by atoms with van der Waals surface area (Å²) in [4.78, 5) is 21.4. The number of rotatable bonds is 2. The Kier molecular flexibility index (Phi) is 3.51. The number of nitrogens with zero attached hydrogens (tertiary/aromatic N) is 4. The molecule has 0 fully saturated rings. The number of hydrogen-bond donors (Lipinski definition) is 1. The van der Waals surface area contributed by atoms with Crippen LogP contribution < -0.4 is 5.32 Å². The maximum absolute atomic E-state index is 12.6. The molecule has 0 bridgehead atoms. The molecule has 0 atom stereocenters. The van der Waals surface area contributed by atoms with E-state index in [0.29, 0.717) is 29.5 Å². The maximum Gasteiger partial charge on any atom is 0.270 e. The summed E-state index contributed by atoms with van der Waals surface area (Å²) in [5.41, 5.74) is 4.51. The molecule has 128 valence electrons. The Balaban J connectivity index is 1.84. The third kappa shape index (κ3) is 2.32. The van der Waals surface area contributed by atoms with Crippen molar-refractivity contribution in [3.05, 3.63) is 52.8 Å². The molecule has 0 unspecified atom stereocenters. The quantitative estimate of drug-likeness (QED) is 0.575. The van der Waals surface area contributed by atoms with Crippen molar-refractivity contribution >= 4 is 39.1 Å². The fraction of sp³-hybridized carbons (Fsp3) is 0.111. The van der Waals surface area contributed by atoms with Crippen molar-refractivity contribution in [1.29, 1.82) is 0 Å². The van der Waals surface area contributed by atoms with Gasteiger partial charge in [-0.25, -0.2) is 9.97 Å². The van der Waals surface area contributed by atoms with E-state index in [4.69, 9.17) is 16.7 Å². The van der Waals surface area contributed by atoms with Gasteiger partial charge in [-0.15, -0.1) is 11.3 Å². The van der Waals surface area contributed by atoms with E-state index in [2.05, 4.69) is 15.3 Å². The van der Waals surface area contributed by atoms with Crippen molar-refractivity contribution in [3.63, 3.8) is 0 Å². The van der Waals surface area contributed by atoms with Crippen LogP contribution in [0.1, 0.15) is 10.5 Å². The van der Waals surface area contributed by atoms with E-state index in [9.17, 15) is 4.79 Å². The number of halogens is 1. The summed E-state index contributed by atoms with van der Waals surface area (Å²) in [5.74, 6) is -0.128. The Morgan fingerprint density at radius 2 is 1.96 bits per heavy atom. The molecule has 1 aliphatic heterocycles. The highest BCUT2D eigenvalue weighted by Crippen LogP contribution is 2.38. The molecule has 5 rings (SSSR count). The summed E-state index contributed by atoms with van der Waals surface area (Å²) in [5, 5.41) is 10.3. The Bertz CT molecular complexity index is 1150. The van der Waals surface area contributed by atoms with Gasteiger partial charge in [0.25, 0.3) is 5.91 Å². The van der Waals surface area contributed by atoms with Gasteiger partial charge in [0.1, 0.15) is 23.4 Å². The zero-order valence-electron chi connectivity index (χ0n) is 13.4. The van der Waals surface area contributed by atoms with Crippen molar-refractivity contribution < 1.29 is 4.79 Å². The van der Waals surface area contributed by atoms with Crippen LogP contribution in [-0.4, -0.2) is 32.2 Å². The fourth-order valence-corrected chi connectivity index (χ4v) is 4.19. The minimum atomic E-state index is -0.128. The van der Waals surface area contributed by atoms with Gasteiger partial charge in [-0.1, -0.05) is 23.7 Å². The lowest BCUT2D eigenvalue weighted by molar-refractivity contribution is 0.0925. The molecule has 3 aromatic heterocycles. The number of benzene rings is 1. The summed E-state index contributed by atoms with van der Waals surface area (Å²) in [7, 11) is 0. The van der Waals surface area contributed by atoms with Gasteiger partial charge in [0, 0.05) is 17.1 Å². The van der Waals surface area contributed by atoms with Crippen LogP contribution in [-0.2, 0) is 6.54 Å². The molecular weight excluding hydrogens is 370 g/mol. The average Bonchev–Trinajstić information content (AvgIpc) is 3.27. The number of hydrogen-bond acceptors (Lipinski definition) is 5. The number of amides is 1. The topological polar surface area (TPSA) is 72.7 Å². The third-order valence-corrected chi connectivity index (χ3v) is 5.54. The van der Waals surface area contributed by atoms with Gasteiger partial charge >= 0.3 is 0 Å². The number of carbonyl (C=O) groups excluding carboxylic acids is 1. The van der Waals surface area contributed by atoms with E-state index in [1.54, 1.807) is 16.0 Å². The SMILES string of the molecule is O=C1NCCn2nc(-c3ncnc4ccsc34)c(-c3ccc(Cl)cc3)c21. The molecule has 0 spiro atoms. The summed E-state index contributed by atoms with van der Waals surface area (Å²) < 4.78 is 2.72. The monoisotopic (exact) mass is 381 g/mol. The van der Waals surface area contributed by atoms with Gasteiger partial charge in [0.05, 0.1) is 16.8 Å². The Hall–Kier alpha value is -2.77. The van der Waals surface area contributed by atoms with Gasteiger partial charge in [-0.3, -0.25) is 9.48 Å². The summed E-state index contributed by atoms with van der Waals surface area (Å²) in [6.07, 6.45) is 1.54. The molecule has 6 nitrogen and oxygen atoms in total. The van der Waals surface area contributed by atoms with Crippen LogP contribution in [0.25, 0.3) is 32.7 Å². The highest BCUT2D eigenvalue weighted by Gasteiger charge is 2.29. The lowest BCUT2D eigenvalue weighted by Crippen LogP contribution is -2.35. The van der Waals surface area contributed by atoms with Crippen LogP contribution in [0, 0.1) is 0 Å². The molecular formula is C18H12ClN5OS. The number of fused-ring (bicyclic) bond motifs is 2.